The van der Waals surface area contributed by atoms with Crippen LogP contribution in [0, 0.1) is 27.7 Å². The number of anilines is 8. The summed E-state index contributed by atoms with van der Waals surface area (Å²) in [5, 5.41) is 31.9. The number of aromatic nitrogens is 13. The molecular formula is C93H101N21O8. The molecule has 29 heteroatoms. The van der Waals surface area contributed by atoms with Gasteiger partial charge in [0.1, 0.15) is 46.3 Å². The molecule has 0 bridgehead atoms. The van der Waals surface area contributed by atoms with Crippen molar-refractivity contribution in [3.05, 3.63) is 262 Å². The molecule has 5 aliphatic carbocycles. The van der Waals surface area contributed by atoms with Crippen molar-refractivity contribution in [1.82, 2.24) is 64.0 Å². The van der Waals surface area contributed by atoms with E-state index in [1.807, 2.05) is 117 Å². The van der Waals surface area contributed by atoms with E-state index in [2.05, 4.69) is 60.6 Å². The molecule has 4 aromatic carbocycles. The summed E-state index contributed by atoms with van der Waals surface area (Å²) in [7, 11) is 0. The minimum absolute atomic E-state index is 0.386. The first-order chi connectivity index (χ1) is 59.3. The van der Waals surface area contributed by atoms with Gasteiger partial charge in [-0.2, -0.15) is 25.1 Å². The second kappa shape index (κ2) is 38.6. The van der Waals surface area contributed by atoms with Gasteiger partial charge in [-0.05, 0) is 214 Å². The van der Waals surface area contributed by atoms with Gasteiger partial charge in [-0.1, -0.05) is 88.1 Å². The highest BCUT2D eigenvalue weighted by Crippen LogP contribution is 2.43. The summed E-state index contributed by atoms with van der Waals surface area (Å²) in [6, 6.07) is 51.7. The first-order valence-electron chi connectivity index (χ1n) is 41.8. The average Bonchev–Trinajstić information content (AvgIpc) is 1.63. The molecule has 0 saturated heterocycles. The third kappa shape index (κ3) is 20.9. The van der Waals surface area contributed by atoms with E-state index in [9.17, 15) is 19.2 Å². The Morgan fingerprint density at radius 3 is 1.14 bits per heavy atom. The van der Waals surface area contributed by atoms with Crippen molar-refractivity contribution in [1.29, 1.82) is 0 Å². The Labute approximate surface area is 707 Å². The Morgan fingerprint density at radius 2 is 0.721 bits per heavy atom. The fraction of sp³-hybridized carbons (Fsp3) is 0.301. The van der Waals surface area contributed by atoms with Gasteiger partial charge in [0.15, 0.2) is 5.82 Å². The predicted octanol–water partition coefficient (Wildman–Crippen LogP) is 18.8. The molecular weight excluding hydrogens is 1540 g/mol. The van der Waals surface area contributed by atoms with Crippen molar-refractivity contribution in [2.45, 2.75) is 181 Å². The van der Waals surface area contributed by atoms with E-state index in [0.717, 1.165) is 157 Å². The molecule has 122 heavy (non-hydrogen) atoms. The lowest BCUT2D eigenvalue weighted by Crippen LogP contribution is -2.15. The molecule has 0 unspecified atom stereocenters. The lowest BCUT2D eigenvalue weighted by atomic mass is 9.96. The molecule has 13 aromatic rings. The predicted molar refractivity (Wildman–Crippen MR) is 468 cm³/mol. The fourth-order valence-corrected chi connectivity index (χ4v) is 16.0. The number of hydrogen-bond acceptors (Lipinski definition) is 21. The lowest BCUT2D eigenvalue weighted by molar-refractivity contribution is 0.0992. The molecule has 3 fully saturated rings. The van der Waals surface area contributed by atoms with Crippen molar-refractivity contribution in [3.8, 4) is 52.3 Å². The van der Waals surface area contributed by atoms with Crippen LogP contribution in [-0.4, -0.2) is 87.7 Å². The largest absolute Gasteiger partial charge is 0.439 e. The second-order valence-corrected chi connectivity index (χ2v) is 31.3. The zero-order chi connectivity index (χ0) is 84.6. The molecule has 0 atom stereocenters. The number of amides is 4. The molecule has 4 amide bonds. The highest BCUT2D eigenvalue weighted by molar-refractivity contribution is 5.96. The van der Waals surface area contributed by atoms with Crippen LogP contribution in [0.5, 0.6) is 46.5 Å². The number of hydrogen-bond donors (Lipinski definition) is 8. The van der Waals surface area contributed by atoms with Gasteiger partial charge in [0.2, 0.25) is 47.1 Å². The van der Waals surface area contributed by atoms with Gasteiger partial charge in [-0.25, -0.2) is 39.0 Å². The van der Waals surface area contributed by atoms with Crippen LogP contribution in [0.4, 0.5) is 46.0 Å². The number of rotatable bonds is 24. The summed E-state index contributed by atoms with van der Waals surface area (Å²) in [4.78, 5) is 67.7. The van der Waals surface area contributed by atoms with E-state index >= 15 is 0 Å². The molecule has 29 nitrogen and oxygen atoms in total. The first-order valence-corrected chi connectivity index (χ1v) is 41.8. The van der Waals surface area contributed by atoms with Crippen molar-refractivity contribution in [2.24, 2.45) is 22.9 Å². The van der Waals surface area contributed by atoms with Crippen LogP contribution in [-0.2, 0) is 25.7 Å². The van der Waals surface area contributed by atoms with Crippen LogP contribution >= 0.6 is 0 Å². The summed E-state index contributed by atoms with van der Waals surface area (Å²) in [6.45, 7) is 8.01. The van der Waals surface area contributed by atoms with Crippen LogP contribution in [0.3, 0.4) is 0 Å². The maximum Gasteiger partial charge on any atom is 0.248 e. The van der Waals surface area contributed by atoms with E-state index in [-0.39, 0.29) is 0 Å². The Bertz CT molecular complexity index is 5890. The Balaban J connectivity index is 0.000000126. The standard InChI is InChI=1S/C24H22N6O2.C24H27N5O2.C23H27N5O2.C22H25N5O2/c1-15-5-2-10-22(27-15)30-24(19-8-4-9-20(19)29-30)32-18-11-12-26-21(14-18)28-17-7-3-6-16(13-17)23(25)31;25-23(30)16-6-4-7-17(14-16)27-22-15-19(12-13-26-22)31-24-20-10-5-11-21(20)28-29(24)18-8-2-1-3-9-18;1-15-16(2)27-28(19-9-4-3-5-10-19)23(15)30-20-11-12-25-21(14-20)26-18-8-6-7-17(13-18)22(24)29;1-15-12-21(27(26-15)18-8-3-2-4-9-18)29-19-10-11-24-20(14-19)25-17-7-5-6-16(13-17)22(23)28/h2-3,5-7,10-14H,4,8-9H2,1H3,(H2,25,31)(H,26,28);4,6-7,12-15,18H,1-3,5,8-11H2,(H2,25,30)(H,26,27);6-8,11-14,19H,3-5,9-10H2,1-2H3,(H2,24,29)(H,25,26);5-7,10-14,18H,2-4,8-9H2,1H3,(H2,23,28)(H,24,25). The van der Waals surface area contributed by atoms with E-state index in [4.69, 9.17) is 57.2 Å². The first kappa shape index (κ1) is 82.8. The fourth-order valence-electron chi connectivity index (χ4n) is 16.0. The smallest absolute Gasteiger partial charge is 0.248 e. The van der Waals surface area contributed by atoms with E-state index in [1.54, 1.807) is 114 Å². The topological polar surface area (TPSA) is 393 Å². The third-order valence-electron chi connectivity index (χ3n) is 22.2. The number of primary amides is 4. The molecule has 3 saturated carbocycles. The molecule has 18 rings (SSSR count). The number of benzene rings is 4. The highest BCUT2D eigenvalue weighted by atomic mass is 16.5. The molecule has 626 valence electrons. The molecule has 0 radical (unpaired) electrons. The molecule has 9 aromatic heterocycles. The van der Waals surface area contributed by atoms with Gasteiger partial charge in [-0.3, -0.25) is 19.2 Å². The van der Waals surface area contributed by atoms with Gasteiger partial charge in [0.05, 0.1) is 40.9 Å². The minimum atomic E-state index is -0.481. The van der Waals surface area contributed by atoms with Gasteiger partial charge in [0.25, 0.3) is 0 Å². The number of nitrogens with two attached hydrogens (primary N) is 4. The zero-order valence-corrected chi connectivity index (χ0v) is 68.9. The number of fused-ring (bicyclic) bond motifs is 2. The number of carbonyl (C=O) groups excluding carboxylic acids is 4. The van der Waals surface area contributed by atoms with Gasteiger partial charge in [-0.15, -0.1) is 0 Å². The summed E-state index contributed by atoms with van der Waals surface area (Å²) in [5.74, 6) is 7.13. The maximum absolute atomic E-state index is 11.4. The quantitative estimate of drug-likeness (QED) is 0.0278. The lowest BCUT2D eigenvalue weighted by Gasteiger charge is -2.24. The summed E-state index contributed by atoms with van der Waals surface area (Å²) in [6.07, 6.45) is 31.1. The maximum atomic E-state index is 11.4. The van der Waals surface area contributed by atoms with Crippen LogP contribution in [0.15, 0.2) is 195 Å². The molecule has 0 aliphatic heterocycles. The van der Waals surface area contributed by atoms with Crippen LogP contribution in [0.2, 0.25) is 0 Å². The third-order valence-corrected chi connectivity index (χ3v) is 22.2. The molecule has 0 spiro atoms. The zero-order valence-electron chi connectivity index (χ0n) is 68.9. The highest BCUT2D eigenvalue weighted by Gasteiger charge is 2.31. The van der Waals surface area contributed by atoms with Crippen LogP contribution in [0.25, 0.3) is 5.82 Å². The minimum Gasteiger partial charge on any atom is -0.439 e. The SMILES string of the molecule is Cc1cc(Oc2ccnc(Nc3cccc(C(N)=O)c3)c2)n(C2CCCCC2)n1.Cc1cccc(-n2nc3c(c2Oc2ccnc(Nc4cccc(C(N)=O)c4)c2)CCC3)n1.Cc1nn(C2CCCCC2)c(Oc2ccnc(Nc3cccc(C(N)=O)c3)c2)c1C.NC(=O)c1cccc(Nc2cc(Oc3c4c(nn3C3CCCCC3)CCC4)ccn2)c1. The number of ether oxygens (including phenoxy) is 4. The molecule has 12 N–H and O–H groups in total. The van der Waals surface area contributed by atoms with E-state index in [1.165, 1.54) is 69.0 Å². The van der Waals surface area contributed by atoms with Crippen LogP contribution in [0.1, 0.15) is 214 Å². The monoisotopic (exact) mass is 1640 g/mol. The van der Waals surface area contributed by atoms with Gasteiger partial charge < -0.3 is 63.1 Å². The van der Waals surface area contributed by atoms with E-state index < -0.39 is 23.6 Å². The van der Waals surface area contributed by atoms with Gasteiger partial charge >= 0.3 is 0 Å². The average molecular weight is 1640 g/mol. The second-order valence-electron chi connectivity index (χ2n) is 31.3. The number of pyridine rings is 5. The Kier molecular flexibility index (Phi) is 26.2. The van der Waals surface area contributed by atoms with Crippen molar-refractivity contribution < 1.29 is 38.1 Å². The number of nitrogens with zero attached hydrogens (tertiary/aromatic N) is 13. The summed E-state index contributed by atoms with van der Waals surface area (Å²) >= 11 is 0. The number of aryl methyl sites for hydroxylation is 5. The molecule has 9 heterocycles. The number of carbonyl (C=O) groups is 4. The van der Waals surface area contributed by atoms with Crippen molar-refractivity contribution in [3.63, 3.8) is 0 Å². The van der Waals surface area contributed by atoms with Gasteiger partial charge in [0, 0.05) is 123 Å². The Morgan fingerprint density at radius 1 is 0.352 bits per heavy atom. The summed E-state index contributed by atoms with van der Waals surface area (Å²) in [5.41, 5.74) is 34.7. The van der Waals surface area contributed by atoms with Crippen molar-refractivity contribution in [2.75, 3.05) is 21.3 Å². The summed E-state index contributed by atoms with van der Waals surface area (Å²) < 4.78 is 33.3. The molecule has 5 aliphatic rings. The Hall–Kier alpha value is -14.3. The van der Waals surface area contributed by atoms with E-state index in [0.29, 0.717) is 92.5 Å². The van der Waals surface area contributed by atoms with Crippen molar-refractivity contribution >= 4 is 69.6 Å². The number of nitrogens with one attached hydrogen (secondary N) is 4. The van der Waals surface area contributed by atoms with Crippen LogP contribution < -0.4 is 63.1 Å². The normalized spacial score (nSPS) is 14.4.